The first-order chi connectivity index (χ1) is 12.4. The summed E-state index contributed by atoms with van der Waals surface area (Å²) >= 11 is 0. The van der Waals surface area contributed by atoms with Gasteiger partial charge in [-0.25, -0.2) is 4.79 Å². The number of carbonyl (C=O) groups excluding carboxylic acids is 3. The average molecular weight is 408 g/mol. The van der Waals surface area contributed by atoms with Crippen LogP contribution in [0, 0.1) is 0 Å². The normalized spacial score (nSPS) is 10.6. The van der Waals surface area contributed by atoms with E-state index in [1.807, 2.05) is 0 Å². The maximum atomic E-state index is 11.9. The van der Waals surface area contributed by atoms with E-state index in [4.69, 9.17) is 33.4 Å². The van der Waals surface area contributed by atoms with Crippen molar-refractivity contribution in [1.82, 2.24) is 0 Å². The third-order valence-electron chi connectivity index (χ3n) is 2.31. The van der Waals surface area contributed by atoms with Crippen LogP contribution in [-0.4, -0.2) is 76.7 Å². The molecule has 0 unspecified atom stereocenters. The molecule has 0 aromatic carbocycles. The zero-order valence-electron chi connectivity index (χ0n) is 14.6. The van der Waals surface area contributed by atoms with Gasteiger partial charge in [0.25, 0.3) is 0 Å². The molecule has 0 heterocycles. The first-order valence-corrected chi connectivity index (χ1v) is 9.11. The summed E-state index contributed by atoms with van der Waals surface area (Å²) in [4.78, 5) is 64.3. The van der Waals surface area contributed by atoms with Crippen LogP contribution in [-0.2, 0) is 28.6 Å². The first-order valence-electron chi connectivity index (χ1n) is 7.32. The number of carbonyl (C=O) groups is 3. The highest BCUT2D eigenvalue weighted by molar-refractivity contribution is 6.46. The van der Waals surface area contributed by atoms with Gasteiger partial charge in [0.05, 0.1) is 12.8 Å². The van der Waals surface area contributed by atoms with Gasteiger partial charge in [0.2, 0.25) is 0 Å². The third kappa shape index (κ3) is 16.8. The van der Waals surface area contributed by atoms with Crippen LogP contribution in [0.3, 0.4) is 0 Å². The predicted molar refractivity (Wildman–Crippen MR) is 92.3 cm³/mol. The minimum atomic E-state index is -4.61. The number of aliphatic hydroxyl groups is 1. The molecule has 0 fully saturated rings. The average Bonchev–Trinajstić information content (AvgIpc) is 2.54. The van der Waals surface area contributed by atoms with Gasteiger partial charge in [-0.2, -0.15) is 0 Å². The molecule has 0 aromatic heterocycles. The van der Waals surface area contributed by atoms with E-state index < -0.39 is 45.4 Å². The Morgan fingerprint density at radius 2 is 1.07 bits per heavy atom. The van der Waals surface area contributed by atoms with Crippen LogP contribution in [0.4, 0.5) is 0 Å². The summed E-state index contributed by atoms with van der Waals surface area (Å²) in [5.41, 5.74) is -2.38. The molecule has 0 radical (unpaired) electrons. The number of rotatable bonds is 11. The van der Waals surface area contributed by atoms with Gasteiger partial charge in [-0.3, -0.25) is 9.59 Å². The molecule has 0 spiro atoms. The van der Waals surface area contributed by atoms with Gasteiger partial charge >= 0.3 is 27.0 Å². The van der Waals surface area contributed by atoms with Crippen LogP contribution < -0.4 is 0 Å². The lowest BCUT2D eigenvalue weighted by Gasteiger charge is -2.23. The van der Waals surface area contributed by atoms with E-state index in [-0.39, 0.29) is 19.8 Å². The number of hydrogen-bond donors (Lipinski definition) is 5. The Hall–Kier alpha value is -2.35. The van der Waals surface area contributed by atoms with Crippen molar-refractivity contribution in [2.45, 2.75) is 18.4 Å². The lowest BCUT2D eigenvalue weighted by molar-refractivity contribution is -0.176. The highest BCUT2D eigenvalue weighted by atomic mass is 28.4. The quantitative estimate of drug-likeness (QED) is 0.111. The van der Waals surface area contributed by atoms with Crippen LogP contribution in [0.2, 0.25) is 0 Å². The molecule has 12 heteroatoms. The van der Waals surface area contributed by atoms with Crippen molar-refractivity contribution in [3.05, 3.63) is 38.0 Å². The summed E-state index contributed by atoms with van der Waals surface area (Å²) < 4.78 is 14.1. The summed E-state index contributed by atoms with van der Waals surface area (Å²) in [5.74, 6) is -2.90. The Morgan fingerprint density at radius 3 is 1.37 bits per heavy atom. The van der Waals surface area contributed by atoms with Gasteiger partial charge in [0.1, 0.15) is 19.8 Å². The molecule has 0 rings (SSSR count). The first kappa shape index (κ1) is 26.9. The molecule has 0 aliphatic carbocycles. The molecule has 27 heavy (non-hydrogen) atoms. The second-order valence-electron chi connectivity index (χ2n) is 4.82. The third-order valence-corrected chi connectivity index (χ3v) is 2.31. The molecule has 0 aromatic rings. The number of ether oxygens (including phenoxy) is 3. The van der Waals surface area contributed by atoms with Crippen molar-refractivity contribution in [3.8, 4) is 0 Å². The van der Waals surface area contributed by atoms with Crippen LogP contribution in [0.15, 0.2) is 38.0 Å². The topological polar surface area (TPSA) is 180 Å². The number of esters is 3. The molecule has 154 valence electrons. The van der Waals surface area contributed by atoms with Gasteiger partial charge in [0, 0.05) is 0 Å². The Morgan fingerprint density at radius 1 is 0.778 bits per heavy atom. The molecular weight excluding hydrogens is 384 g/mol. The second-order valence-corrected chi connectivity index (χ2v) is 6.02. The van der Waals surface area contributed by atoms with Gasteiger partial charge in [-0.05, 0) is 0 Å². The summed E-state index contributed by atoms with van der Waals surface area (Å²) in [6, 6.07) is 0. The van der Waals surface area contributed by atoms with Crippen LogP contribution >= 0.6 is 0 Å². The monoisotopic (exact) mass is 408 g/mol. The Labute approximate surface area is 156 Å². The Kier molecular flexibility index (Phi) is 13.7. The smallest absolute Gasteiger partial charge is 0.461 e. The Bertz CT molecular complexity index is 492. The van der Waals surface area contributed by atoms with Crippen molar-refractivity contribution in [2.75, 3.05) is 19.8 Å². The maximum Gasteiger partial charge on any atom is 0.668 e. The van der Waals surface area contributed by atoms with E-state index in [9.17, 15) is 19.5 Å². The van der Waals surface area contributed by atoms with Gasteiger partial charge < -0.3 is 38.5 Å². The fraction of sp³-hybridized carbons (Fsp3) is 0.400. The molecule has 0 amide bonds. The summed E-state index contributed by atoms with van der Waals surface area (Å²) in [7, 11) is -4.61. The minimum absolute atomic E-state index is 0.0858. The van der Waals surface area contributed by atoms with E-state index in [0.717, 1.165) is 0 Å². The van der Waals surface area contributed by atoms with Crippen molar-refractivity contribution in [3.63, 3.8) is 0 Å². The van der Waals surface area contributed by atoms with E-state index in [1.165, 1.54) is 18.2 Å². The maximum absolute atomic E-state index is 11.9. The van der Waals surface area contributed by atoms with Crippen LogP contribution in [0.1, 0.15) is 12.8 Å². The van der Waals surface area contributed by atoms with Crippen LogP contribution in [0.5, 0.6) is 0 Å². The molecule has 0 aliphatic rings. The molecule has 0 atom stereocenters. The standard InChI is InChI=1S/C15H20O7.H4O4Si/c1-4-7-20-12(16)10-15(19,14(18)22-9-6-3)11-13(17)21-8-5-2;1-5(2,3)4/h4-6,19H,1-3,7-11H2;1-4H. The lowest BCUT2D eigenvalue weighted by Crippen LogP contribution is -2.44. The lowest BCUT2D eigenvalue weighted by atomic mass is 9.95. The van der Waals surface area contributed by atoms with E-state index in [1.54, 1.807) is 0 Å². The van der Waals surface area contributed by atoms with E-state index in [2.05, 4.69) is 19.7 Å². The second kappa shape index (κ2) is 13.8. The summed E-state index contributed by atoms with van der Waals surface area (Å²) in [5, 5.41) is 10.3. The minimum Gasteiger partial charge on any atom is -0.461 e. The van der Waals surface area contributed by atoms with Crippen molar-refractivity contribution < 1.29 is 52.9 Å². The molecule has 0 aliphatic heterocycles. The van der Waals surface area contributed by atoms with Crippen molar-refractivity contribution >= 4 is 27.0 Å². The zero-order valence-corrected chi connectivity index (χ0v) is 15.6. The van der Waals surface area contributed by atoms with Gasteiger partial charge in [-0.1, -0.05) is 38.0 Å². The van der Waals surface area contributed by atoms with Crippen LogP contribution in [0.25, 0.3) is 0 Å². The molecule has 0 saturated heterocycles. The fourth-order valence-corrected chi connectivity index (χ4v) is 1.36. The molecular formula is C15H24O11Si. The SMILES string of the molecule is C=CCOC(=O)CC(O)(CC(=O)OCC=C)C(=O)OCC=C.O[Si](O)(O)O. The highest BCUT2D eigenvalue weighted by Gasteiger charge is 2.43. The van der Waals surface area contributed by atoms with E-state index >= 15 is 0 Å². The van der Waals surface area contributed by atoms with Gasteiger partial charge in [0.15, 0.2) is 5.60 Å². The molecule has 0 bridgehead atoms. The highest BCUT2D eigenvalue weighted by Crippen LogP contribution is 2.20. The molecule has 11 nitrogen and oxygen atoms in total. The Balaban J connectivity index is 0. The molecule has 5 N–H and O–H groups in total. The summed E-state index contributed by atoms with van der Waals surface area (Å²) in [6.07, 6.45) is 2.43. The van der Waals surface area contributed by atoms with E-state index in [0.29, 0.717) is 0 Å². The van der Waals surface area contributed by atoms with Crippen molar-refractivity contribution in [1.29, 1.82) is 0 Å². The predicted octanol–water partition coefficient (Wildman–Crippen LogP) is -1.92. The van der Waals surface area contributed by atoms with Crippen molar-refractivity contribution in [2.24, 2.45) is 0 Å². The fourth-order valence-electron chi connectivity index (χ4n) is 1.36. The number of hydrogen-bond acceptors (Lipinski definition) is 11. The zero-order chi connectivity index (χ0) is 21.5. The largest absolute Gasteiger partial charge is 0.668 e. The molecule has 0 saturated carbocycles. The van der Waals surface area contributed by atoms with Gasteiger partial charge in [-0.15, -0.1) is 0 Å². The summed E-state index contributed by atoms with van der Waals surface area (Å²) in [6.45, 7) is 9.73.